The van der Waals surface area contributed by atoms with E-state index in [0.29, 0.717) is 25.0 Å². The summed E-state index contributed by atoms with van der Waals surface area (Å²) in [6.07, 6.45) is 2.03. The second kappa shape index (κ2) is 9.96. The van der Waals surface area contributed by atoms with Gasteiger partial charge in [-0.2, -0.15) is 0 Å². The number of likely N-dealkylation sites (tertiary alicyclic amines) is 1. The van der Waals surface area contributed by atoms with Crippen LogP contribution in [0.1, 0.15) is 40.5 Å². The molecule has 152 valence electrons. The number of nitrogens with zero attached hydrogens (tertiary/aromatic N) is 3. The van der Waals surface area contributed by atoms with E-state index in [9.17, 15) is 4.79 Å². The maximum absolute atomic E-state index is 12.2. The van der Waals surface area contributed by atoms with Gasteiger partial charge in [0.2, 0.25) is 0 Å². The van der Waals surface area contributed by atoms with E-state index in [1.165, 1.54) is 0 Å². The van der Waals surface area contributed by atoms with Crippen LogP contribution in [0.25, 0.3) is 0 Å². The van der Waals surface area contributed by atoms with Crippen LogP contribution in [0, 0.1) is 5.41 Å². The second-order valence-electron chi connectivity index (χ2n) is 8.01. The van der Waals surface area contributed by atoms with Crippen molar-refractivity contribution in [1.82, 2.24) is 15.1 Å². The van der Waals surface area contributed by atoms with E-state index >= 15 is 0 Å². The van der Waals surface area contributed by atoms with Gasteiger partial charge in [0.1, 0.15) is 5.60 Å². The van der Waals surface area contributed by atoms with Gasteiger partial charge in [-0.25, -0.2) is 4.79 Å². The van der Waals surface area contributed by atoms with Gasteiger partial charge < -0.3 is 24.6 Å². The first-order valence-corrected chi connectivity index (χ1v) is 9.30. The highest BCUT2D eigenvalue weighted by molar-refractivity contribution is 14.0. The van der Waals surface area contributed by atoms with Crippen LogP contribution >= 0.6 is 24.0 Å². The van der Waals surface area contributed by atoms with E-state index in [-0.39, 0.29) is 30.1 Å². The molecule has 2 saturated heterocycles. The first kappa shape index (κ1) is 23.3. The number of aliphatic imine (C=N–C) groups is 1. The number of carbonyl (C=O) groups excluding carboxylic acids is 1. The summed E-state index contributed by atoms with van der Waals surface area (Å²) in [5.41, 5.74) is -0.162. The van der Waals surface area contributed by atoms with Crippen molar-refractivity contribution in [2.45, 2.75) is 46.1 Å². The third-order valence-corrected chi connectivity index (χ3v) is 4.83. The first-order chi connectivity index (χ1) is 11.8. The van der Waals surface area contributed by atoms with Gasteiger partial charge in [0, 0.05) is 51.8 Å². The number of amides is 1. The molecular formula is C18H35IN4O3. The van der Waals surface area contributed by atoms with Crippen molar-refractivity contribution in [3.63, 3.8) is 0 Å². The van der Waals surface area contributed by atoms with Gasteiger partial charge in [-0.05, 0) is 40.5 Å². The zero-order valence-corrected chi connectivity index (χ0v) is 19.2. The van der Waals surface area contributed by atoms with E-state index in [1.54, 1.807) is 4.90 Å². The van der Waals surface area contributed by atoms with Gasteiger partial charge in [-0.1, -0.05) is 0 Å². The van der Waals surface area contributed by atoms with E-state index in [1.807, 2.05) is 34.7 Å². The molecule has 7 nitrogen and oxygen atoms in total. The Morgan fingerprint density at radius 2 is 2.12 bits per heavy atom. The molecule has 1 spiro atoms. The molecule has 1 N–H and O–H groups in total. The van der Waals surface area contributed by atoms with Crippen LogP contribution in [0.4, 0.5) is 4.79 Å². The highest BCUT2D eigenvalue weighted by Gasteiger charge is 2.42. The Balaban J connectivity index is 0.00000338. The van der Waals surface area contributed by atoms with Crippen molar-refractivity contribution in [2.24, 2.45) is 10.4 Å². The van der Waals surface area contributed by atoms with Gasteiger partial charge in [0.25, 0.3) is 0 Å². The summed E-state index contributed by atoms with van der Waals surface area (Å²) >= 11 is 0. The van der Waals surface area contributed by atoms with Gasteiger partial charge >= 0.3 is 6.09 Å². The number of hydrogen-bond donors (Lipinski definition) is 1. The fourth-order valence-electron chi connectivity index (χ4n) is 3.43. The number of halogens is 1. The van der Waals surface area contributed by atoms with Crippen LogP contribution in [-0.4, -0.2) is 80.4 Å². The van der Waals surface area contributed by atoms with Crippen LogP contribution in [0.5, 0.6) is 0 Å². The molecule has 0 radical (unpaired) electrons. The minimum Gasteiger partial charge on any atom is -0.444 e. The molecule has 8 heteroatoms. The lowest BCUT2D eigenvalue weighted by Gasteiger charge is -2.28. The van der Waals surface area contributed by atoms with Crippen LogP contribution in [0.15, 0.2) is 4.99 Å². The van der Waals surface area contributed by atoms with Gasteiger partial charge in [0.05, 0.1) is 6.61 Å². The third kappa shape index (κ3) is 6.44. The molecule has 0 saturated carbocycles. The van der Waals surface area contributed by atoms with E-state index in [2.05, 4.69) is 15.2 Å². The van der Waals surface area contributed by atoms with E-state index in [4.69, 9.17) is 9.47 Å². The highest BCUT2D eigenvalue weighted by Crippen LogP contribution is 2.38. The maximum Gasteiger partial charge on any atom is 0.410 e. The molecule has 1 amide bonds. The molecule has 2 aliphatic heterocycles. The van der Waals surface area contributed by atoms with Gasteiger partial charge in [0.15, 0.2) is 5.96 Å². The predicted octanol–water partition coefficient (Wildman–Crippen LogP) is 2.55. The molecule has 0 aromatic rings. The van der Waals surface area contributed by atoms with E-state index in [0.717, 1.165) is 45.1 Å². The van der Waals surface area contributed by atoms with Crippen molar-refractivity contribution < 1.29 is 14.3 Å². The lowest BCUT2D eigenvalue weighted by Crippen LogP contribution is -2.45. The molecule has 26 heavy (non-hydrogen) atoms. The molecule has 1 unspecified atom stereocenters. The first-order valence-electron chi connectivity index (χ1n) is 9.30. The number of ether oxygens (including phenoxy) is 2. The fourth-order valence-corrected chi connectivity index (χ4v) is 3.43. The fraction of sp³-hybridized carbons (Fsp3) is 0.889. The molecule has 0 aliphatic carbocycles. The van der Waals surface area contributed by atoms with Crippen molar-refractivity contribution >= 4 is 36.0 Å². The minimum atomic E-state index is -0.471. The Labute approximate surface area is 174 Å². The Kier molecular flexibility index (Phi) is 8.92. The Morgan fingerprint density at radius 1 is 1.38 bits per heavy atom. The summed E-state index contributed by atoms with van der Waals surface area (Å²) in [6.45, 7) is 13.2. The van der Waals surface area contributed by atoms with E-state index < -0.39 is 5.60 Å². The summed E-state index contributed by atoms with van der Waals surface area (Å²) in [4.78, 5) is 20.6. The van der Waals surface area contributed by atoms with Crippen LogP contribution < -0.4 is 5.32 Å². The quantitative estimate of drug-likeness (QED) is 0.379. The number of guanidine groups is 1. The topological polar surface area (TPSA) is 66.4 Å². The molecule has 2 aliphatic rings. The van der Waals surface area contributed by atoms with Gasteiger partial charge in [-0.15, -0.1) is 24.0 Å². The SMILES string of the molecule is CCN(CCNC(=NC)N1CCC2(CCOC2)C1)C(=O)OC(C)(C)C.I. The maximum atomic E-state index is 12.2. The van der Waals surface area contributed by atoms with Crippen LogP contribution in [0.3, 0.4) is 0 Å². The molecule has 1 atom stereocenters. The van der Waals surface area contributed by atoms with Crippen LogP contribution in [0.2, 0.25) is 0 Å². The highest BCUT2D eigenvalue weighted by atomic mass is 127. The Morgan fingerprint density at radius 3 is 2.65 bits per heavy atom. The lowest BCUT2D eigenvalue weighted by molar-refractivity contribution is 0.0263. The predicted molar refractivity (Wildman–Crippen MR) is 114 cm³/mol. The largest absolute Gasteiger partial charge is 0.444 e. The Hall–Kier alpha value is -0.770. The van der Waals surface area contributed by atoms with Crippen molar-refractivity contribution in [1.29, 1.82) is 0 Å². The molecule has 0 aromatic heterocycles. The van der Waals surface area contributed by atoms with Gasteiger partial charge in [-0.3, -0.25) is 4.99 Å². The number of likely N-dealkylation sites (N-methyl/N-ethyl adjacent to an activating group) is 1. The summed E-state index contributed by atoms with van der Waals surface area (Å²) in [6, 6.07) is 0. The minimum absolute atomic E-state index is 0. The molecule has 2 fully saturated rings. The monoisotopic (exact) mass is 482 g/mol. The Bertz CT molecular complexity index is 487. The summed E-state index contributed by atoms with van der Waals surface area (Å²) in [7, 11) is 1.81. The number of rotatable bonds is 4. The molecule has 2 rings (SSSR count). The standard InChI is InChI=1S/C18H34N4O3.HI/c1-6-21(16(23)25-17(2,3)4)11-9-20-15(19-5)22-10-7-18(13-22)8-12-24-14-18;/h6-14H2,1-5H3,(H,19,20);1H. The number of carbonyl (C=O) groups is 1. The summed E-state index contributed by atoms with van der Waals surface area (Å²) in [5, 5.41) is 3.39. The lowest BCUT2D eigenvalue weighted by atomic mass is 9.87. The zero-order valence-electron chi connectivity index (χ0n) is 16.8. The average molecular weight is 482 g/mol. The van der Waals surface area contributed by atoms with Crippen molar-refractivity contribution in [3.8, 4) is 0 Å². The van der Waals surface area contributed by atoms with Crippen molar-refractivity contribution in [2.75, 3.05) is 53.0 Å². The normalized spacial score (nSPS) is 23.1. The smallest absolute Gasteiger partial charge is 0.410 e. The zero-order chi connectivity index (χ0) is 18.5. The summed E-state index contributed by atoms with van der Waals surface area (Å²) < 4.78 is 11.0. The third-order valence-electron chi connectivity index (χ3n) is 4.83. The average Bonchev–Trinajstić information content (AvgIpc) is 3.16. The molecule has 0 aromatic carbocycles. The van der Waals surface area contributed by atoms with Crippen molar-refractivity contribution in [3.05, 3.63) is 0 Å². The summed E-state index contributed by atoms with van der Waals surface area (Å²) in [5.74, 6) is 0.906. The number of hydrogen-bond acceptors (Lipinski definition) is 4. The molecule has 0 bridgehead atoms. The molecule has 2 heterocycles. The number of nitrogens with one attached hydrogen (secondary N) is 1. The molecular weight excluding hydrogens is 447 g/mol. The van der Waals surface area contributed by atoms with Crippen LogP contribution in [-0.2, 0) is 9.47 Å². The second-order valence-corrected chi connectivity index (χ2v) is 8.01.